The molecule has 0 saturated heterocycles. The topological polar surface area (TPSA) is 338 Å². The Morgan fingerprint density at radius 1 is 0.629 bits per heavy atom. The van der Waals surface area contributed by atoms with E-state index < -0.39 is 71.9 Å². The predicted molar refractivity (Wildman–Crippen MR) is 236 cm³/mol. The van der Waals surface area contributed by atoms with Gasteiger partial charge in [-0.15, -0.1) is 0 Å². The molecule has 0 unspecified atom stereocenters. The third-order valence-corrected chi connectivity index (χ3v) is 12.6. The van der Waals surface area contributed by atoms with Gasteiger partial charge in [-0.25, -0.2) is 9.98 Å². The van der Waals surface area contributed by atoms with Gasteiger partial charge in [-0.05, 0) is 43.4 Å². The second kappa shape index (κ2) is 26.7. The molecule has 0 heterocycles. The van der Waals surface area contributed by atoms with Crippen LogP contribution in [0.2, 0.25) is 0 Å². The molecular weight excluding hydrogens is 805 g/mol. The predicted octanol–water partition coefficient (Wildman–Crippen LogP) is 1.04. The Balaban J connectivity index is 0.0000198. The number of carboxylic acids is 2. The molecule has 0 radical (unpaired) electrons. The molecule has 62 heavy (non-hydrogen) atoms. The fourth-order valence-corrected chi connectivity index (χ4v) is 9.51. The largest absolute Gasteiger partial charge is 0.481 e. The fraction of sp³-hybridized carbons (Fsp3) is 0.810. The van der Waals surface area contributed by atoms with Crippen LogP contribution in [-0.2, 0) is 38.2 Å². The van der Waals surface area contributed by atoms with E-state index >= 15 is 0 Å². The number of ether oxygens (including phenoxy) is 2. The van der Waals surface area contributed by atoms with Gasteiger partial charge in [0.1, 0.15) is 0 Å². The van der Waals surface area contributed by atoms with E-state index in [2.05, 4.69) is 31.3 Å². The van der Waals surface area contributed by atoms with E-state index in [1.807, 2.05) is 34.6 Å². The highest BCUT2D eigenvalue weighted by molar-refractivity contribution is 5.81. The van der Waals surface area contributed by atoms with E-state index in [0.29, 0.717) is 51.7 Å². The lowest BCUT2D eigenvalue weighted by molar-refractivity contribution is -0.144. The number of rotatable bonds is 28. The number of hydrogen-bond donors (Lipinski definition) is 10. The number of guanidine groups is 2. The highest BCUT2D eigenvalue weighted by Gasteiger charge is 2.53. The van der Waals surface area contributed by atoms with Crippen molar-refractivity contribution in [3.8, 4) is 0 Å². The van der Waals surface area contributed by atoms with E-state index in [-0.39, 0.29) is 93.6 Å². The first-order valence-corrected chi connectivity index (χ1v) is 22.2. The number of aliphatic carboxylic acids is 2. The SMILES string of the molecule is CCC(CC)[C@@H](NC(C)=O)[C@@H]1[C@H](NC(=O)CCOCCC(C)CCOCCC(=O)N[C@H]2[C@@H]([C@H](NC(C)=O)C(CC)CC)[C@H](N=C(N)N)C[C@@H]2C(=O)O)[C@@H](C(=O)O)C[C@H]1N=C(N)N.[3HH]. The zero-order valence-electron chi connectivity index (χ0n) is 37.8. The number of amides is 4. The van der Waals surface area contributed by atoms with E-state index in [9.17, 15) is 39.0 Å². The van der Waals surface area contributed by atoms with E-state index in [0.717, 1.165) is 0 Å². The number of nitrogens with two attached hydrogens (primary N) is 4. The molecular formula is C42H78N10O10. The van der Waals surface area contributed by atoms with Gasteiger partial charge in [-0.2, -0.15) is 0 Å². The van der Waals surface area contributed by atoms with Crippen LogP contribution in [0.25, 0.3) is 0 Å². The minimum Gasteiger partial charge on any atom is -0.481 e. The second-order valence-corrected chi connectivity index (χ2v) is 17.0. The summed E-state index contributed by atoms with van der Waals surface area (Å²) in [5.74, 6) is -6.78. The molecule has 20 heteroatoms. The first-order chi connectivity index (χ1) is 29.3. The van der Waals surface area contributed by atoms with Crippen molar-refractivity contribution in [2.45, 2.75) is 149 Å². The van der Waals surface area contributed by atoms with Gasteiger partial charge in [0.05, 0.1) is 37.1 Å². The Labute approximate surface area is 367 Å². The van der Waals surface area contributed by atoms with Gasteiger partial charge in [0.25, 0.3) is 0 Å². The quantitative estimate of drug-likeness (QED) is 0.0298. The molecule has 4 amide bonds. The summed E-state index contributed by atoms with van der Waals surface area (Å²) in [5.41, 5.74) is 22.9. The summed E-state index contributed by atoms with van der Waals surface area (Å²) in [5, 5.41) is 32.1. The summed E-state index contributed by atoms with van der Waals surface area (Å²) in [7, 11) is 0. The maximum absolute atomic E-state index is 13.2. The van der Waals surface area contributed by atoms with Crippen molar-refractivity contribution in [1.82, 2.24) is 21.3 Å². The average Bonchev–Trinajstić information content (AvgIpc) is 3.70. The molecule has 2 aliphatic carbocycles. The van der Waals surface area contributed by atoms with Crippen LogP contribution >= 0.6 is 0 Å². The molecule has 0 spiro atoms. The second-order valence-electron chi connectivity index (χ2n) is 17.0. The van der Waals surface area contributed by atoms with Crippen molar-refractivity contribution >= 4 is 47.5 Å². The van der Waals surface area contributed by atoms with Gasteiger partial charge in [-0.3, -0.25) is 28.8 Å². The number of carboxylic acid groups (broad SMARTS) is 2. The van der Waals surface area contributed by atoms with Gasteiger partial charge in [0.2, 0.25) is 23.6 Å². The summed E-state index contributed by atoms with van der Waals surface area (Å²) in [4.78, 5) is 84.6. The Bertz CT molecular complexity index is 1430. The van der Waals surface area contributed by atoms with E-state index in [1.165, 1.54) is 13.8 Å². The highest BCUT2D eigenvalue weighted by atomic mass is 16.5. The summed E-state index contributed by atoms with van der Waals surface area (Å²) in [6.45, 7) is 13.8. The summed E-state index contributed by atoms with van der Waals surface area (Å²) in [6, 6.07) is -3.86. The maximum Gasteiger partial charge on any atom is 0.308 e. The van der Waals surface area contributed by atoms with Crippen LogP contribution in [0.3, 0.4) is 0 Å². The molecule has 2 aliphatic rings. The molecule has 0 aliphatic heterocycles. The third kappa shape index (κ3) is 16.5. The molecule has 0 aromatic heterocycles. The molecule has 0 bridgehead atoms. The van der Waals surface area contributed by atoms with Gasteiger partial charge in [-0.1, -0.05) is 60.3 Å². The minimum absolute atomic E-state index is 0. The standard InChI is InChI=1S/C42H76N10O10.H2/c1-8-25(9-2)35(47-23(6)53)33-29(49-41(43)44)20-27(39(57)58)37(33)51-31(55)14-18-61-16-12-22(5)13-17-62-19-15-32(56)52-38-28(40(59)60)21-30(50-42(45)46)34(38)36(48-24(7)54)26(10-3)11-4;/h22,25-30,33-38H,8-21H2,1-7H3,(H,47,53)(H,48,54)(H,51,55)(H,52,56)(H,57,58)(H,59,60)(H4,43,44,49)(H4,45,46,50);1H/t27-,28-,29+,30+,33+,34+,35+,36+,37+,38+;/m0./s1/i;1+2. The van der Waals surface area contributed by atoms with Gasteiger partial charge < -0.3 is 63.9 Å². The number of hydrogen-bond acceptors (Lipinski definition) is 10. The normalized spacial score (nSPS) is 24.7. The van der Waals surface area contributed by atoms with Crippen molar-refractivity contribution in [3.05, 3.63) is 0 Å². The maximum atomic E-state index is 13.2. The van der Waals surface area contributed by atoms with Crippen molar-refractivity contribution < 1.29 is 49.9 Å². The molecule has 2 fully saturated rings. The number of carbonyl (C=O) groups excluding carboxylic acids is 4. The molecule has 2 saturated carbocycles. The fourth-order valence-electron chi connectivity index (χ4n) is 9.51. The zero-order chi connectivity index (χ0) is 46.7. The molecule has 20 nitrogen and oxygen atoms in total. The molecule has 356 valence electrons. The van der Waals surface area contributed by atoms with E-state index in [4.69, 9.17) is 32.4 Å². The lowest BCUT2D eigenvalue weighted by Crippen LogP contribution is -2.55. The lowest BCUT2D eigenvalue weighted by Gasteiger charge is -2.37. The van der Waals surface area contributed by atoms with Gasteiger partial charge in [0, 0.05) is 77.3 Å². The third-order valence-electron chi connectivity index (χ3n) is 12.6. The monoisotopic (exact) mass is 885 g/mol. The summed E-state index contributed by atoms with van der Waals surface area (Å²) in [6.07, 6.45) is 4.38. The molecule has 0 aromatic rings. The van der Waals surface area contributed by atoms with Crippen LogP contribution in [0.4, 0.5) is 0 Å². The summed E-state index contributed by atoms with van der Waals surface area (Å²) < 4.78 is 11.5. The van der Waals surface area contributed by atoms with Crippen LogP contribution < -0.4 is 44.2 Å². The van der Waals surface area contributed by atoms with Crippen LogP contribution in [0.1, 0.15) is 114 Å². The Kier molecular flexibility index (Phi) is 23.0. The van der Waals surface area contributed by atoms with Crippen LogP contribution in [0, 0.1) is 41.4 Å². The smallest absolute Gasteiger partial charge is 0.308 e. The lowest BCUT2D eigenvalue weighted by atomic mass is 9.79. The van der Waals surface area contributed by atoms with E-state index in [1.54, 1.807) is 0 Å². The number of carbonyl (C=O) groups is 6. The van der Waals surface area contributed by atoms with Crippen molar-refractivity contribution in [2.75, 3.05) is 26.4 Å². The summed E-state index contributed by atoms with van der Waals surface area (Å²) >= 11 is 0. The minimum atomic E-state index is -1.09. The van der Waals surface area contributed by atoms with Crippen molar-refractivity contribution in [1.29, 1.82) is 0 Å². The van der Waals surface area contributed by atoms with Crippen LogP contribution in [0.5, 0.6) is 0 Å². The van der Waals surface area contributed by atoms with Crippen molar-refractivity contribution in [3.63, 3.8) is 0 Å². The Hall–Kier alpha value is -4.72. The number of nitrogens with one attached hydrogen (secondary N) is 4. The van der Waals surface area contributed by atoms with Gasteiger partial charge >= 0.3 is 11.9 Å². The number of aliphatic imine (C=N–C) groups is 2. The van der Waals surface area contributed by atoms with Crippen LogP contribution in [-0.4, -0.2) is 120 Å². The molecule has 0 aromatic carbocycles. The first-order valence-electron chi connectivity index (χ1n) is 22.2. The van der Waals surface area contributed by atoms with Gasteiger partial charge in [0.15, 0.2) is 11.9 Å². The Morgan fingerprint density at radius 3 is 1.24 bits per heavy atom. The number of nitrogens with zero attached hydrogens (tertiary/aromatic N) is 2. The highest BCUT2D eigenvalue weighted by Crippen LogP contribution is 2.41. The zero-order valence-corrected chi connectivity index (χ0v) is 37.8. The van der Waals surface area contributed by atoms with Crippen molar-refractivity contribution in [2.24, 2.45) is 74.3 Å². The molecule has 10 atom stereocenters. The van der Waals surface area contributed by atoms with Crippen LogP contribution in [0.15, 0.2) is 9.98 Å². The Morgan fingerprint density at radius 2 is 0.968 bits per heavy atom. The molecule has 2 rings (SSSR count). The average molecular weight is 885 g/mol. The molecule has 14 N–H and O–H groups in total. The first kappa shape index (κ1) is 53.4.